The molecule has 128 valence electrons. The first-order valence-electron chi connectivity index (χ1n) is 7.72. The normalized spacial score (nSPS) is 10.6. The number of carbonyl (C=O) groups is 1. The first kappa shape index (κ1) is 22.4. The molecule has 0 unspecified atom stereocenters. The van der Waals surface area contributed by atoms with Crippen molar-refractivity contribution in [1.82, 2.24) is 10.2 Å². The standard InChI is InChI=1S/C10H21NO3.C5H13NO/c1-5-11(7-6-8-12)9(13)14-10(2,3)4;1-2-6-4-3-5-7/h12H,5-8H2,1-4H3;6-7H,2-5H2,1H3. The van der Waals surface area contributed by atoms with Crippen molar-refractivity contribution < 1.29 is 19.7 Å². The highest BCUT2D eigenvalue weighted by Crippen LogP contribution is 2.09. The molecule has 3 N–H and O–H groups in total. The van der Waals surface area contributed by atoms with E-state index in [9.17, 15) is 4.79 Å². The van der Waals surface area contributed by atoms with Crippen molar-refractivity contribution in [2.45, 2.75) is 53.1 Å². The van der Waals surface area contributed by atoms with Gasteiger partial charge < -0.3 is 25.2 Å². The van der Waals surface area contributed by atoms with E-state index in [0.717, 1.165) is 19.5 Å². The van der Waals surface area contributed by atoms with Gasteiger partial charge in [-0.05, 0) is 53.6 Å². The van der Waals surface area contributed by atoms with Gasteiger partial charge in [0.15, 0.2) is 0 Å². The van der Waals surface area contributed by atoms with Gasteiger partial charge in [-0.25, -0.2) is 4.79 Å². The van der Waals surface area contributed by atoms with Gasteiger partial charge in [0.2, 0.25) is 0 Å². The van der Waals surface area contributed by atoms with Crippen molar-refractivity contribution in [3.63, 3.8) is 0 Å². The molecule has 0 aromatic rings. The number of hydrogen-bond donors (Lipinski definition) is 3. The Kier molecular flexibility index (Phi) is 15.1. The minimum absolute atomic E-state index is 0.0965. The number of ether oxygens (including phenoxy) is 1. The van der Waals surface area contributed by atoms with E-state index in [1.54, 1.807) is 4.90 Å². The Bertz CT molecular complexity index is 238. The summed E-state index contributed by atoms with van der Waals surface area (Å²) in [6.07, 6.45) is 1.15. The summed E-state index contributed by atoms with van der Waals surface area (Å²) in [4.78, 5) is 13.1. The van der Waals surface area contributed by atoms with Crippen LogP contribution >= 0.6 is 0 Å². The topological polar surface area (TPSA) is 82.0 Å². The maximum atomic E-state index is 11.5. The molecule has 0 aliphatic heterocycles. The molecule has 0 radical (unpaired) electrons. The number of nitrogens with one attached hydrogen (secondary N) is 1. The number of aliphatic hydroxyl groups is 2. The molecule has 0 saturated carbocycles. The largest absolute Gasteiger partial charge is 0.444 e. The Balaban J connectivity index is 0. The van der Waals surface area contributed by atoms with Crippen LogP contribution in [0.5, 0.6) is 0 Å². The van der Waals surface area contributed by atoms with Crippen LogP contribution < -0.4 is 5.32 Å². The molecule has 0 aliphatic rings. The number of rotatable bonds is 8. The van der Waals surface area contributed by atoms with Gasteiger partial charge >= 0.3 is 6.09 Å². The average molecular weight is 306 g/mol. The number of aliphatic hydroxyl groups excluding tert-OH is 2. The van der Waals surface area contributed by atoms with Crippen LogP contribution in [0.4, 0.5) is 4.79 Å². The summed E-state index contributed by atoms with van der Waals surface area (Å²) in [6, 6.07) is 0. The summed E-state index contributed by atoms with van der Waals surface area (Å²) in [7, 11) is 0. The number of carbonyl (C=O) groups excluding carboxylic acids is 1. The summed E-state index contributed by atoms with van der Waals surface area (Å²) in [5, 5.41) is 20.0. The molecule has 0 spiro atoms. The van der Waals surface area contributed by atoms with Crippen LogP contribution in [0.1, 0.15) is 47.5 Å². The lowest BCUT2D eigenvalue weighted by atomic mass is 10.2. The zero-order chi connectivity index (χ0) is 16.7. The van der Waals surface area contributed by atoms with Gasteiger partial charge in [0.25, 0.3) is 0 Å². The van der Waals surface area contributed by atoms with Crippen LogP contribution in [-0.4, -0.2) is 66.2 Å². The SMILES string of the molecule is CCN(CCCO)C(=O)OC(C)(C)C.CCNCCCO. The summed E-state index contributed by atoms with van der Waals surface area (Å²) in [6.45, 7) is 12.9. The second-order valence-electron chi connectivity index (χ2n) is 5.57. The average Bonchev–Trinajstić information content (AvgIpc) is 2.39. The fourth-order valence-corrected chi connectivity index (χ4v) is 1.35. The Morgan fingerprint density at radius 3 is 2.10 bits per heavy atom. The second-order valence-corrected chi connectivity index (χ2v) is 5.57. The summed E-state index contributed by atoms with van der Waals surface area (Å²) in [5.74, 6) is 0. The molecule has 0 heterocycles. The highest BCUT2D eigenvalue weighted by molar-refractivity contribution is 5.68. The molecule has 0 aromatic heterocycles. The molecular formula is C15H34N2O4. The predicted octanol–water partition coefficient (Wildman–Crippen LogP) is 1.60. The van der Waals surface area contributed by atoms with Crippen molar-refractivity contribution >= 4 is 6.09 Å². The van der Waals surface area contributed by atoms with E-state index in [0.29, 0.717) is 26.1 Å². The molecule has 0 fully saturated rings. The maximum absolute atomic E-state index is 11.5. The summed E-state index contributed by atoms with van der Waals surface area (Å²) in [5.41, 5.74) is -0.455. The Morgan fingerprint density at radius 1 is 1.14 bits per heavy atom. The fraction of sp³-hybridized carbons (Fsp3) is 0.933. The molecule has 0 rings (SSSR count). The van der Waals surface area contributed by atoms with Crippen LogP contribution in [0.25, 0.3) is 0 Å². The Morgan fingerprint density at radius 2 is 1.71 bits per heavy atom. The summed E-state index contributed by atoms with van der Waals surface area (Å²) >= 11 is 0. The first-order valence-corrected chi connectivity index (χ1v) is 7.72. The number of hydrogen-bond acceptors (Lipinski definition) is 5. The maximum Gasteiger partial charge on any atom is 0.410 e. The molecule has 1 amide bonds. The fourth-order valence-electron chi connectivity index (χ4n) is 1.35. The smallest absolute Gasteiger partial charge is 0.410 e. The minimum atomic E-state index is -0.455. The zero-order valence-electron chi connectivity index (χ0n) is 14.3. The highest BCUT2D eigenvalue weighted by atomic mass is 16.6. The van der Waals surface area contributed by atoms with Crippen molar-refractivity contribution in [2.24, 2.45) is 0 Å². The van der Waals surface area contributed by atoms with E-state index in [1.807, 2.05) is 27.7 Å². The van der Waals surface area contributed by atoms with Crippen molar-refractivity contribution in [2.75, 3.05) is 39.4 Å². The quantitative estimate of drug-likeness (QED) is 0.593. The van der Waals surface area contributed by atoms with Crippen LogP contribution in [0.2, 0.25) is 0 Å². The predicted molar refractivity (Wildman–Crippen MR) is 85.4 cm³/mol. The van der Waals surface area contributed by atoms with Crippen LogP contribution in [0.15, 0.2) is 0 Å². The highest BCUT2D eigenvalue weighted by Gasteiger charge is 2.20. The lowest BCUT2D eigenvalue weighted by Crippen LogP contribution is -2.37. The molecule has 6 heteroatoms. The minimum Gasteiger partial charge on any atom is -0.444 e. The van der Waals surface area contributed by atoms with Gasteiger partial charge in [-0.15, -0.1) is 0 Å². The Labute approximate surface area is 129 Å². The van der Waals surface area contributed by atoms with E-state index in [4.69, 9.17) is 14.9 Å². The van der Waals surface area contributed by atoms with E-state index in [2.05, 4.69) is 12.2 Å². The molecule has 6 nitrogen and oxygen atoms in total. The lowest BCUT2D eigenvalue weighted by Gasteiger charge is -2.26. The van der Waals surface area contributed by atoms with Crippen molar-refractivity contribution in [3.8, 4) is 0 Å². The Hall–Kier alpha value is -0.850. The molecule has 21 heavy (non-hydrogen) atoms. The van der Waals surface area contributed by atoms with Crippen LogP contribution in [0, 0.1) is 0 Å². The van der Waals surface area contributed by atoms with Crippen molar-refractivity contribution in [3.05, 3.63) is 0 Å². The summed E-state index contributed by atoms with van der Waals surface area (Å²) < 4.78 is 5.19. The molecule has 0 bridgehead atoms. The van der Waals surface area contributed by atoms with Gasteiger partial charge in [0.05, 0.1) is 0 Å². The van der Waals surface area contributed by atoms with Gasteiger partial charge in [0, 0.05) is 26.3 Å². The third kappa shape index (κ3) is 17.1. The zero-order valence-corrected chi connectivity index (χ0v) is 14.3. The monoisotopic (exact) mass is 306 g/mol. The van der Waals surface area contributed by atoms with Gasteiger partial charge in [-0.1, -0.05) is 6.92 Å². The second kappa shape index (κ2) is 14.1. The number of amides is 1. The third-order valence-corrected chi connectivity index (χ3v) is 2.38. The van der Waals surface area contributed by atoms with Crippen LogP contribution in [-0.2, 0) is 4.74 Å². The molecule has 0 aromatic carbocycles. The van der Waals surface area contributed by atoms with Gasteiger partial charge in [-0.2, -0.15) is 0 Å². The van der Waals surface area contributed by atoms with Crippen LogP contribution in [0.3, 0.4) is 0 Å². The molecule has 0 atom stereocenters. The number of nitrogens with zero attached hydrogens (tertiary/aromatic N) is 1. The van der Waals surface area contributed by atoms with E-state index in [1.165, 1.54) is 0 Å². The third-order valence-electron chi connectivity index (χ3n) is 2.38. The van der Waals surface area contributed by atoms with E-state index < -0.39 is 5.60 Å². The lowest BCUT2D eigenvalue weighted by molar-refractivity contribution is 0.0251. The van der Waals surface area contributed by atoms with Gasteiger partial charge in [-0.3, -0.25) is 0 Å². The molecular weight excluding hydrogens is 272 g/mol. The van der Waals surface area contributed by atoms with E-state index in [-0.39, 0.29) is 12.7 Å². The van der Waals surface area contributed by atoms with E-state index >= 15 is 0 Å². The first-order chi connectivity index (χ1) is 9.82. The van der Waals surface area contributed by atoms with Gasteiger partial charge in [0.1, 0.15) is 5.60 Å². The molecule has 0 saturated heterocycles. The molecule has 0 aliphatic carbocycles. The van der Waals surface area contributed by atoms with Crippen molar-refractivity contribution in [1.29, 1.82) is 0 Å².